The number of hydrogen-bond acceptors (Lipinski definition) is 2. The van der Waals surface area contributed by atoms with E-state index in [1.165, 1.54) is 0 Å². The summed E-state index contributed by atoms with van der Waals surface area (Å²) in [5.74, 6) is -17.0. The quantitative estimate of drug-likeness (QED) is 0.605. The summed E-state index contributed by atoms with van der Waals surface area (Å²) >= 11 is 0. The molecule has 0 radical (unpaired) electrons. The fourth-order valence-corrected chi connectivity index (χ4v) is 0.732. The topological polar surface area (TPSA) is 49.9 Å². The van der Waals surface area contributed by atoms with Crippen molar-refractivity contribution in [2.75, 3.05) is 0 Å². The van der Waals surface area contributed by atoms with Crippen LogP contribution in [0.1, 0.15) is 0 Å². The minimum atomic E-state index is -6.96. The van der Waals surface area contributed by atoms with Crippen LogP contribution in [0.2, 0.25) is 0 Å². The molecular weight excluding hydrogens is 321 g/mol. The van der Waals surface area contributed by atoms with Crippen LogP contribution in [0.15, 0.2) is 11.5 Å². The van der Waals surface area contributed by atoms with Gasteiger partial charge >= 0.3 is 24.2 Å². The monoisotopic (exact) mass is 324 g/mol. The van der Waals surface area contributed by atoms with Crippen LogP contribution in [0.4, 0.5) is 48.3 Å². The molecule has 13 heteroatoms. The van der Waals surface area contributed by atoms with Crippen LogP contribution in [-0.2, 0) is 0 Å². The molecule has 0 aliphatic carbocycles. The molecule has 0 amide bonds. The van der Waals surface area contributed by atoms with Gasteiger partial charge in [-0.1, -0.05) is 0 Å². The molecule has 0 saturated carbocycles. The summed E-state index contributed by atoms with van der Waals surface area (Å²) in [6.45, 7) is 0. The third-order valence-electron chi connectivity index (χ3n) is 1.83. The maximum Gasteiger partial charge on any atom is 0.460 e. The summed E-state index contributed by atoms with van der Waals surface area (Å²) in [7, 11) is 0. The molecule has 0 fully saturated rings. The van der Waals surface area contributed by atoms with Gasteiger partial charge in [0.1, 0.15) is 5.71 Å². The van der Waals surface area contributed by atoms with E-state index in [4.69, 9.17) is 5.41 Å². The fourth-order valence-electron chi connectivity index (χ4n) is 0.732. The molecule has 0 aliphatic heterocycles. The minimum Gasteiger partial charge on any atom is -0.392 e. The van der Waals surface area contributed by atoms with Crippen LogP contribution in [0.3, 0.4) is 0 Å². The molecule has 0 heterocycles. The Morgan fingerprint density at radius 3 is 1.40 bits per heavy atom. The Labute approximate surface area is 102 Å². The van der Waals surface area contributed by atoms with Crippen molar-refractivity contribution in [1.29, 1.82) is 5.41 Å². The number of rotatable bonds is 3. The highest BCUT2D eigenvalue weighted by Crippen LogP contribution is 2.48. The van der Waals surface area contributed by atoms with Gasteiger partial charge < -0.3 is 5.73 Å². The first-order valence-corrected chi connectivity index (χ1v) is 4.12. The predicted octanol–water partition coefficient (Wildman–Crippen LogP) is 3.54. The van der Waals surface area contributed by atoms with E-state index in [-0.39, 0.29) is 0 Å². The summed E-state index contributed by atoms with van der Waals surface area (Å²) in [5.41, 5.74) is -2.64. The molecule has 0 saturated heterocycles. The van der Waals surface area contributed by atoms with Gasteiger partial charge in [-0.3, -0.25) is 5.41 Å². The first-order valence-electron chi connectivity index (χ1n) is 4.12. The van der Waals surface area contributed by atoms with Crippen LogP contribution in [0.25, 0.3) is 0 Å². The van der Waals surface area contributed by atoms with Crippen LogP contribution in [-0.4, -0.2) is 29.9 Å². The van der Waals surface area contributed by atoms with E-state index < -0.39 is 41.4 Å². The summed E-state index contributed by atoms with van der Waals surface area (Å²) in [6.07, 6.45) is -12.8. The number of nitrogens with two attached hydrogens (primary N) is 1. The second-order valence-electron chi connectivity index (χ2n) is 3.25. The SMILES string of the molecule is N=C(C(F)=C(N)C(F)(F)F)C(F)(F)C(F)(F)C(F)(F)F. The van der Waals surface area contributed by atoms with Crippen molar-refractivity contribution in [3.8, 4) is 0 Å². The molecule has 0 aromatic heterocycles. The van der Waals surface area contributed by atoms with Crippen molar-refractivity contribution < 1.29 is 48.3 Å². The molecule has 0 spiro atoms. The van der Waals surface area contributed by atoms with Gasteiger partial charge in [0, 0.05) is 0 Å². The molecule has 118 valence electrons. The van der Waals surface area contributed by atoms with E-state index in [1.807, 2.05) is 0 Å². The van der Waals surface area contributed by atoms with Gasteiger partial charge in [0.25, 0.3) is 0 Å². The number of alkyl halides is 10. The van der Waals surface area contributed by atoms with Crippen molar-refractivity contribution in [2.24, 2.45) is 5.73 Å². The number of nitrogens with one attached hydrogen (secondary N) is 1. The van der Waals surface area contributed by atoms with Crippen LogP contribution in [0.5, 0.6) is 0 Å². The zero-order valence-electron chi connectivity index (χ0n) is 8.73. The Morgan fingerprint density at radius 2 is 1.15 bits per heavy atom. The average molecular weight is 324 g/mol. The Bertz CT molecular complexity index is 427. The standard InChI is InChI=1S/C7H3F11N2/c8-1(3(20)5(11,12)13)2(19)4(9,10)6(14,15)7(16,17)18/h19H,20H2. The summed E-state index contributed by atoms with van der Waals surface area (Å²) < 4.78 is 133. The molecule has 0 rings (SSSR count). The van der Waals surface area contributed by atoms with Crippen molar-refractivity contribution >= 4 is 5.71 Å². The van der Waals surface area contributed by atoms with E-state index >= 15 is 0 Å². The second-order valence-corrected chi connectivity index (χ2v) is 3.25. The fraction of sp³-hybridized carbons (Fsp3) is 0.571. The minimum absolute atomic E-state index is 3.03. The lowest BCUT2D eigenvalue weighted by atomic mass is 10.0. The zero-order valence-corrected chi connectivity index (χ0v) is 8.73. The molecule has 0 aromatic rings. The third kappa shape index (κ3) is 2.95. The average Bonchev–Trinajstić information content (AvgIpc) is 2.22. The highest BCUT2D eigenvalue weighted by Gasteiger charge is 2.75. The first kappa shape index (κ1) is 18.4. The molecule has 3 N–H and O–H groups in total. The lowest BCUT2D eigenvalue weighted by Gasteiger charge is -2.28. The van der Waals surface area contributed by atoms with Gasteiger partial charge in [0.2, 0.25) is 0 Å². The van der Waals surface area contributed by atoms with Crippen molar-refractivity contribution in [1.82, 2.24) is 0 Å². The van der Waals surface area contributed by atoms with Gasteiger partial charge in [-0.05, 0) is 0 Å². The van der Waals surface area contributed by atoms with Crippen LogP contribution in [0, 0.1) is 5.41 Å². The lowest BCUT2D eigenvalue weighted by molar-refractivity contribution is -0.336. The Hall–Kier alpha value is -1.56. The maximum atomic E-state index is 12.7. The van der Waals surface area contributed by atoms with E-state index in [9.17, 15) is 48.3 Å². The molecule has 0 unspecified atom stereocenters. The van der Waals surface area contributed by atoms with Gasteiger partial charge in [0.15, 0.2) is 11.5 Å². The van der Waals surface area contributed by atoms with Gasteiger partial charge in [-0.15, -0.1) is 0 Å². The van der Waals surface area contributed by atoms with Gasteiger partial charge in [-0.25, -0.2) is 4.39 Å². The Morgan fingerprint density at radius 1 is 0.800 bits per heavy atom. The number of allylic oxidation sites excluding steroid dienone is 2. The van der Waals surface area contributed by atoms with Gasteiger partial charge in [-0.2, -0.15) is 43.9 Å². The normalized spacial score (nSPS) is 15.9. The molecule has 2 nitrogen and oxygen atoms in total. The number of hydrogen-bond donors (Lipinski definition) is 2. The highest BCUT2D eigenvalue weighted by atomic mass is 19.4. The molecule has 0 atom stereocenters. The summed E-state index contributed by atoms with van der Waals surface area (Å²) in [4.78, 5) is 0. The second kappa shape index (κ2) is 4.77. The largest absolute Gasteiger partial charge is 0.460 e. The van der Waals surface area contributed by atoms with Gasteiger partial charge in [0.05, 0.1) is 0 Å². The third-order valence-corrected chi connectivity index (χ3v) is 1.83. The first-order chi connectivity index (χ1) is 8.48. The van der Waals surface area contributed by atoms with Crippen molar-refractivity contribution in [3.05, 3.63) is 11.5 Å². The Kier molecular flexibility index (Phi) is 4.40. The molecule has 0 bridgehead atoms. The number of halogens is 11. The maximum absolute atomic E-state index is 12.7. The smallest absolute Gasteiger partial charge is 0.392 e. The molecule has 0 aliphatic rings. The molecule has 20 heavy (non-hydrogen) atoms. The molecular formula is C7H3F11N2. The summed E-state index contributed by atoms with van der Waals surface area (Å²) in [6, 6.07) is 0. The Balaban J connectivity index is 5.85. The lowest BCUT2D eigenvalue weighted by Crippen LogP contribution is -2.56. The van der Waals surface area contributed by atoms with Crippen LogP contribution >= 0.6 is 0 Å². The highest BCUT2D eigenvalue weighted by molar-refractivity contribution is 6.02. The van der Waals surface area contributed by atoms with E-state index in [0.717, 1.165) is 0 Å². The van der Waals surface area contributed by atoms with E-state index in [2.05, 4.69) is 5.73 Å². The van der Waals surface area contributed by atoms with E-state index in [1.54, 1.807) is 0 Å². The van der Waals surface area contributed by atoms with E-state index in [0.29, 0.717) is 0 Å². The predicted molar refractivity (Wildman–Crippen MR) is 42.1 cm³/mol. The summed E-state index contributed by atoms with van der Waals surface area (Å²) in [5, 5.41) is 6.10. The molecule has 0 aromatic carbocycles. The van der Waals surface area contributed by atoms with Crippen molar-refractivity contribution in [2.45, 2.75) is 24.2 Å². The van der Waals surface area contributed by atoms with Crippen LogP contribution < -0.4 is 5.73 Å². The zero-order chi connectivity index (χ0) is 16.7. The van der Waals surface area contributed by atoms with Crippen molar-refractivity contribution in [3.63, 3.8) is 0 Å².